The molecule has 0 aromatic rings. The quantitative estimate of drug-likeness (QED) is 0.395. The van der Waals surface area contributed by atoms with Gasteiger partial charge in [-0.2, -0.15) is 0 Å². The molecule has 6 aliphatic rings. The molecule has 5 saturated carbocycles. The number of fused-ring (bicyclic) bond motifs is 5. The Bertz CT molecular complexity index is 1270. The Hall–Kier alpha value is -2.39. The van der Waals surface area contributed by atoms with E-state index >= 15 is 4.39 Å². The lowest BCUT2D eigenvalue weighted by atomic mass is 9.44. The van der Waals surface area contributed by atoms with E-state index in [1.54, 1.807) is 26.8 Å². The van der Waals surface area contributed by atoms with Gasteiger partial charge in [0.15, 0.2) is 18.1 Å². The Balaban J connectivity index is 1.12. The summed E-state index contributed by atoms with van der Waals surface area (Å²) in [6.45, 7) is 4.71. The SMILES string of the molecule is C[C@@H]1C[C@H]2[C@@H]3CCC4=CC(=O)C=C[C@]4(C)[C@@]3(F)[C@@H](O)C[C@]2(C)[C@@]1(O)C(=O)COC(=O)C1CCC(C(=O)NC2CCC2)CC1. The number of hydrogen-bond donors (Lipinski definition) is 3. The molecule has 5 fully saturated rings. The summed E-state index contributed by atoms with van der Waals surface area (Å²) in [5, 5.41) is 26.7. The van der Waals surface area contributed by atoms with Crippen LogP contribution in [0.15, 0.2) is 23.8 Å². The molecule has 43 heavy (non-hydrogen) atoms. The lowest BCUT2D eigenvalue weighted by Crippen LogP contribution is -2.69. The van der Waals surface area contributed by atoms with Crippen LogP contribution in [0.5, 0.6) is 0 Å². The highest BCUT2D eigenvalue weighted by Gasteiger charge is 2.75. The topological polar surface area (TPSA) is 130 Å². The molecule has 0 aliphatic heterocycles. The van der Waals surface area contributed by atoms with Crippen LogP contribution < -0.4 is 5.32 Å². The Morgan fingerprint density at radius 3 is 2.37 bits per heavy atom. The first-order chi connectivity index (χ1) is 20.3. The van der Waals surface area contributed by atoms with E-state index in [2.05, 4.69) is 5.32 Å². The minimum absolute atomic E-state index is 0.0612. The second kappa shape index (κ2) is 10.6. The number of alkyl halides is 1. The highest BCUT2D eigenvalue weighted by molar-refractivity contribution is 6.01. The molecule has 3 N–H and O–H groups in total. The third-order valence-electron chi connectivity index (χ3n) is 12.9. The zero-order valence-corrected chi connectivity index (χ0v) is 25.6. The molecular formula is C34H46FNO7. The van der Waals surface area contributed by atoms with Crippen molar-refractivity contribution in [3.05, 3.63) is 23.8 Å². The van der Waals surface area contributed by atoms with Gasteiger partial charge in [0.1, 0.15) is 5.60 Å². The fourth-order valence-electron chi connectivity index (χ4n) is 9.97. The Labute approximate surface area is 252 Å². The highest BCUT2D eigenvalue weighted by atomic mass is 19.1. The van der Waals surface area contributed by atoms with E-state index in [1.807, 2.05) is 0 Å². The van der Waals surface area contributed by atoms with E-state index in [0.717, 1.165) is 19.3 Å². The fraction of sp³-hybridized carbons (Fsp3) is 0.765. The number of hydrogen-bond acceptors (Lipinski definition) is 7. The maximum Gasteiger partial charge on any atom is 0.309 e. The number of allylic oxidation sites excluding steroid dienone is 4. The summed E-state index contributed by atoms with van der Waals surface area (Å²) < 4.78 is 22.8. The van der Waals surface area contributed by atoms with Gasteiger partial charge in [-0.15, -0.1) is 0 Å². The molecule has 0 radical (unpaired) electrons. The lowest BCUT2D eigenvalue weighted by Gasteiger charge is -2.62. The number of aliphatic hydroxyl groups excluding tert-OH is 1. The molecule has 0 aromatic carbocycles. The van der Waals surface area contributed by atoms with Crippen LogP contribution in [0, 0.1) is 40.4 Å². The van der Waals surface area contributed by atoms with Crippen LogP contribution in [0.1, 0.15) is 91.4 Å². The van der Waals surface area contributed by atoms with Crippen molar-refractivity contribution in [1.82, 2.24) is 5.32 Å². The van der Waals surface area contributed by atoms with Crippen LogP contribution in [-0.2, 0) is 23.9 Å². The summed E-state index contributed by atoms with van der Waals surface area (Å²) in [6, 6.07) is 0.281. The van der Waals surface area contributed by atoms with E-state index in [1.165, 1.54) is 12.2 Å². The van der Waals surface area contributed by atoms with Crippen LogP contribution in [-0.4, -0.2) is 63.7 Å². The van der Waals surface area contributed by atoms with E-state index in [0.29, 0.717) is 50.5 Å². The number of ketones is 2. The second-order valence-electron chi connectivity index (χ2n) is 14.9. The predicted molar refractivity (Wildman–Crippen MR) is 155 cm³/mol. The Kier molecular flexibility index (Phi) is 7.56. The van der Waals surface area contributed by atoms with Crippen molar-refractivity contribution in [2.75, 3.05) is 6.61 Å². The van der Waals surface area contributed by atoms with Crippen LogP contribution in [0.3, 0.4) is 0 Å². The monoisotopic (exact) mass is 599 g/mol. The van der Waals surface area contributed by atoms with Crippen LogP contribution in [0.2, 0.25) is 0 Å². The largest absolute Gasteiger partial charge is 0.457 e. The van der Waals surface area contributed by atoms with Gasteiger partial charge in [0.05, 0.1) is 12.0 Å². The van der Waals surface area contributed by atoms with Crippen LogP contribution in [0.25, 0.3) is 0 Å². The van der Waals surface area contributed by atoms with Gasteiger partial charge in [0.2, 0.25) is 11.7 Å². The molecule has 6 aliphatic carbocycles. The number of ether oxygens (including phenoxy) is 1. The zero-order valence-electron chi connectivity index (χ0n) is 25.6. The van der Waals surface area contributed by atoms with Crippen molar-refractivity contribution >= 4 is 23.4 Å². The minimum atomic E-state index is -2.05. The summed E-state index contributed by atoms with van der Waals surface area (Å²) in [7, 11) is 0. The van der Waals surface area contributed by atoms with Gasteiger partial charge < -0.3 is 20.3 Å². The number of halogens is 1. The minimum Gasteiger partial charge on any atom is -0.457 e. The third-order valence-corrected chi connectivity index (χ3v) is 12.9. The first kappa shape index (κ1) is 30.6. The van der Waals surface area contributed by atoms with Crippen molar-refractivity contribution in [3.63, 3.8) is 0 Å². The van der Waals surface area contributed by atoms with Gasteiger partial charge in [-0.3, -0.25) is 19.2 Å². The fourth-order valence-corrected chi connectivity index (χ4v) is 9.97. The third kappa shape index (κ3) is 4.42. The summed E-state index contributed by atoms with van der Waals surface area (Å²) >= 11 is 0. The Morgan fingerprint density at radius 1 is 1.05 bits per heavy atom. The highest BCUT2D eigenvalue weighted by Crippen LogP contribution is 2.70. The molecular weight excluding hydrogens is 553 g/mol. The molecule has 8 nitrogen and oxygen atoms in total. The van der Waals surface area contributed by atoms with Crippen molar-refractivity contribution in [2.45, 2.75) is 115 Å². The second-order valence-corrected chi connectivity index (χ2v) is 14.9. The van der Waals surface area contributed by atoms with Gasteiger partial charge >= 0.3 is 5.97 Å². The number of nitrogens with one attached hydrogen (secondary N) is 1. The molecule has 0 aromatic heterocycles. The van der Waals surface area contributed by atoms with Crippen molar-refractivity contribution in [3.8, 4) is 0 Å². The smallest absolute Gasteiger partial charge is 0.309 e. The number of carbonyl (C=O) groups is 4. The normalized spacial score (nSPS) is 45.6. The number of carbonyl (C=O) groups excluding carboxylic acids is 4. The molecule has 8 atom stereocenters. The molecule has 0 bridgehead atoms. The van der Waals surface area contributed by atoms with Crippen molar-refractivity contribution in [2.24, 2.45) is 40.4 Å². The van der Waals surface area contributed by atoms with Crippen molar-refractivity contribution in [1.29, 1.82) is 0 Å². The molecule has 236 valence electrons. The number of rotatable bonds is 6. The molecule has 1 amide bonds. The van der Waals surface area contributed by atoms with Gasteiger partial charge in [0, 0.05) is 28.7 Å². The zero-order chi connectivity index (χ0) is 30.9. The van der Waals surface area contributed by atoms with E-state index in [4.69, 9.17) is 4.74 Å². The Morgan fingerprint density at radius 2 is 1.72 bits per heavy atom. The van der Waals surface area contributed by atoms with E-state index in [-0.39, 0.29) is 36.0 Å². The number of Topliss-reactive ketones (excluding diaryl/α,β-unsaturated/α-hetero) is 1. The summed E-state index contributed by atoms with van der Waals surface area (Å²) in [5.74, 6) is -3.27. The summed E-state index contributed by atoms with van der Waals surface area (Å²) in [4.78, 5) is 51.3. The van der Waals surface area contributed by atoms with E-state index in [9.17, 15) is 29.4 Å². The molecule has 9 heteroatoms. The van der Waals surface area contributed by atoms with Crippen LogP contribution in [0.4, 0.5) is 4.39 Å². The average molecular weight is 600 g/mol. The molecule has 0 unspecified atom stereocenters. The molecule has 6 rings (SSSR count). The van der Waals surface area contributed by atoms with Gasteiger partial charge in [-0.25, -0.2) is 4.39 Å². The first-order valence-corrected chi connectivity index (χ1v) is 16.3. The first-order valence-electron chi connectivity index (χ1n) is 16.3. The predicted octanol–water partition coefficient (Wildman–Crippen LogP) is 3.92. The summed E-state index contributed by atoms with van der Waals surface area (Å²) in [5.41, 5.74) is -5.53. The maximum atomic E-state index is 17.4. The number of aliphatic hydroxyl groups is 2. The molecule has 0 heterocycles. The standard InChI is InChI=1S/C34H46FNO7/c1-19-15-26-25-12-11-22-16-24(37)13-14-31(22,2)33(25,35)27(38)17-32(26,3)34(19,42)28(39)18-43-30(41)21-9-7-20(8-10-21)29(40)36-23-5-4-6-23/h13-14,16,19-21,23,25-27,38,42H,4-12,15,17-18H2,1-3H3,(H,36,40)/t19-,20?,21?,25+,26+,27+,31+,32+,33+,34+/m1/s1. The maximum absolute atomic E-state index is 17.4. The molecule has 0 spiro atoms. The number of esters is 1. The van der Waals surface area contributed by atoms with Gasteiger partial charge in [0.25, 0.3) is 0 Å². The average Bonchev–Trinajstić information content (AvgIpc) is 3.16. The van der Waals surface area contributed by atoms with Crippen molar-refractivity contribution < 1.29 is 38.5 Å². The van der Waals surface area contributed by atoms with Gasteiger partial charge in [-0.1, -0.05) is 25.5 Å². The van der Waals surface area contributed by atoms with Gasteiger partial charge in [-0.05, 0) is 102 Å². The summed E-state index contributed by atoms with van der Waals surface area (Å²) in [6.07, 6.45) is 9.58. The van der Waals surface area contributed by atoms with E-state index < -0.39 is 64.3 Å². The number of amides is 1. The molecule has 0 saturated heterocycles. The lowest BCUT2D eigenvalue weighted by molar-refractivity contribution is -0.220. The van der Waals surface area contributed by atoms with Crippen LogP contribution >= 0.6 is 0 Å².